The predicted octanol–water partition coefficient (Wildman–Crippen LogP) is 3.74. The molecular formula is C17H17NO2S. The van der Waals surface area contributed by atoms with Crippen molar-refractivity contribution >= 4 is 27.0 Å². The predicted molar refractivity (Wildman–Crippen MR) is 87.6 cm³/mol. The summed E-state index contributed by atoms with van der Waals surface area (Å²) < 4.78 is 26.5. The number of allylic oxidation sites excluding steroid dienone is 3. The van der Waals surface area contributed by atoms with Crippen LogP contribution in [0.4, 0.5) is 0 Å². The third kappa shape index (κ3) is 2.07. The molecule has 1 unspecified atom stereocenters. The van der Waals surface area contributed by atoms with E-state index in [-0.39, 0.29) is 0 Å². The normalized spacial score (nSPS) is 21.8. The number of rotatable bonds is 3. The van der Waals surface area contributed by atoms with Crippen LogP contribution in [0.25, 0.3) is 17.0 Å². The van der Waals surface area contributed by atoms with Crippen molar-refractivity contribution in [2.24, 2.45) is 0 Å². The first-order valence-electron chi connectivity index (χ1n) is 6.81. The van der Waals surface area contributed by atoms with Gasteiger partial charge in [-0.05, 0) is 37.1 Å². The molecule has 0 bridgehead atoms. The average molecular weight is 299 g/mol. The molecule has 1 aliphatic rings. The minimum absolute atomic E-state index is 0.482. The van der Waals surface area contributed by atoms with E-state index in [1.807, 2.05) is 36.4 Å². The Labute approximate surface area is 125 Å². The molecule has 0 amide bonds. The van der Waals surface area contributed by atoms with Gasteiger partial charge in [-0.1, -0.05) is 43.0 Å². The van der Waals surface area contributed by atoms with Crippen LogP contribution in [0, 0.1) is 0 Å². The molecule has 2 aromatic rings. The van der Waals surface area contributed by atoms with E-state index in [9.17, 15) is 8.42 Å². The van der Waals surface area contributed by atoms with Gasteiger partial charge in [-0.2, -0.15) is 0 Å². The number of fused-ring (bicyclic) bond motifs is 1. The first-order chi connectivity index (χ1) is 9.98. The third-order valence-corrected chi connectivity index (χ3v) is 6.30. The summed E-state index contributed by atoms with van der Waals surface area (Å²) in [5.74, 6) is 0. The zero-order chi connectivity index (χ0) is 15.1. The fourth-order valence-electron chi connectivity index (χ4n) is 2.60. The maximum absolute atomic E-state index is 13.0. The Hall–Kier alpha value is -2.07. The Kier molecular flexibility index (Phi) is 3.14. The quantitative estimate of drug-likeness (QED) is 0.866. The summed E-state index contributed by atoms with van der Waals surface area (Å²) in [4.78, 5) is 0. The van der Waals surface area contributed by atoms with Crippen LogP contribution in [0.3, 0.4) is 0 Å². The summed E-state index contributed by atoms with van der Waals surface area (Å²) in [6.45, 7) is 5.49. The fraction of sp³-hybridized carbons (Fsp3) is 0.176. The highest BCUT2D eigenvalue weighted by atomic mass is 32.2. The SMILES string of the molecule is C=Cc1ccc2c(ccn2S(=O)(=O)C2(C)C=CC=CC2)c1. The molecule has 1 heterocycles. The molecule has 4 heteroatoms. The summed E-state index contributed by atoms with van der Waals surface area (Å²) >= 11 is 0. The fourth-order valence-corrected chi connectivity index (χ4v) is 4.25. The van der Waals surface area contributed by atoms with Crippen LogP contribution in [0.1, 0.15) is 18.9 Å². The lowest BCUT2D eigenvalue weighted by atomic mass is 10.0. The molecule has 3 nitrogen and oxygen atoms in total. The van der Waals surface area contributed by atoms with Crippen molar-refractivity contribution in [2.75, 3.05) is 0 Å². The molecule has 0 fully saturated rings. The lowest BCUT2D eigenvalue weighted by molar-refractivity contribution is 0.555. The Morgan fingerprint density at radius 3 is 2.76 bits per heavy atom. The molecule has 0 saturated carbocycles. The molecule has 108 valence electrons. The molecule has 21 heavy (non-hydrogen) atoms. The zero-order valence-corrected chi connectivity index (χ0v) is 12.7. The van der Waals surface area contributed by atoms with Gasteiger partial charge in [0, 0.05) is 11.6 Å². The smallest absolute Gasteiger partial charge is 0.244 e. The van der Waals surface area contributed by atoms with Gasteiger partial charge in [0.1, 0.15) is 4.75 Å². The van der Waals surface area contributed by atoms with Crippen molar-refractivity contribution in [1.29, 1.82) is 0 Å². The molecule has 0 N–H and O–H groups in total. The van der Waals surface area contributed by atoms with Gasteiger partial charge in [-0.15, -0.1) is 0 Å². The van der Waals surface area contributed by atoms with E-state index in [4.69, 9.17) is 0 Å². The summed E-state index contributed by atoms with van der Waals surface area (Å²) in [5, 5.41) is 0.898. The highest BCUT2D eigenvalue weighted by molar-refractivity contribution is 7.91. The highest BCUT2D eigenvalue weighted by Crippen LogP contribution is 2.31. The lowest BCUT2D eigenvalue weighted by Gasteiger charge is -2.27. The Bertz CT molecular complexity index is 871. The van der Waals surface area contributed by atoms with Gasteiger partial charge >= 0.3 is 0 Å². The molecule has 0 spiro atoms. The van der Waals surface area contributed by atoms with Gasteiger partial charge in [0.15, 0.2) is 0 Å². The maximum Gasteiger partial charge on any atom is 0.248 e. The number of aromatic nitrogens is 1. The van der Waals surface area contributed by atoms with E-state index in [0.29, 0.717) is 11.9 Å². The van der Waals surface area contributed by atoms with E-state index >= 15 is 0 Å². The number of benzene rings is 1. The molecule has 0 saturated heterocycles. The zero-order valence-electron chi connectivity index (χ0n) is 11.9. The van der Waals surface area contributed by atoms with Gasteiger partial charge in [-0.3, -0.25) is 0 Å². The maximum atomic E-state index is 13.0. The molecule has 0 aliphatic heterocycles. The minimum atomic E-state index is -3.51. The number of hydrogen-bond acceptors (Lipinski definition) is 2. The minimum Gasteiger partial charge on any atom is -0.244 e. The average Bonchev–Trinajstić information content (AvgIpc) is 2.91. The summed E-state index contributed by atoms with van der Waals surface area (Å²) in [5.41, 5.74) is 1.68. The van der Waals surface area contributed by atoms with Crippen LogP contribution in [0.5, 0.6) is 0 Å². The monoisotopic (exact) mass is 299 g/mol. The van der Waals surface area contributed by atoms with Gasteiger partial charge < -0.3 is 0 Å². The second-order valence-corrected chi connectivity index (χ2v) is 7.72. The van der Waals surface area contributed by atoms with E-state index in [2.05, 4.69) is 6.58 Å². The molecule has 1 aromatic heterocycles. The highest BCUT2D eigenvalue weighted by Gasteiger charge is 2.38. The van der Waals surface area contributed by atoms with Crippen LogP contribution in [0.2, 0.25) is 0 Å². The summed E-state index contributed by atoms with van der Waals surface area (Å²) in [6, 6.07) is 7.47. The molecule has 1 aromatic carbocycles. The van der Waals surface area contributed by atoms with Crippen molar-refractivity contribution in [3.63, 3.8) is 0 Å². The van der Waals surface area contributed by atoms with Gasteiger partial charge in [0.05, 0.1) is 5.52 Å². The standard InChI is InChI=1S/C17H17NO2S/c1-3-14-7-8-16-15(13-14)9-12-18(16)21(19,20)17(2)10-5-4-6-11-17/h3-10,12-13H,1,11H2,2H3. The molecule has 3 rings (SSSR count). The van der Waals surface area contributed by atoms with Crippen LogP contribution in [-0.2, 0) is 10.0 Å². The topological polar surface area (TPSA) is 39.1 Å². The van der Waals surface area contributed by atoms with Crippen molar-refractivity contribution in [2.45, 2.75) is 18.1 Å². The second-order valence-electron chi connectivity index (χ2n) is 5.44. The Morgan fingerprint density at radius 2 is 2.10 bits per heavy atom. The van der Waals surface area contributed by atoms with Crippen LogP contribution in [0.15, 0.2) is 61.3 Å². The lowest BCUT2D eigenvalue weighted by Crippen LogP contribution is -2.37. The summed E-state index contributed by atoms with van der Waals surface area (Å²) in [6.07, 6.45) is 11.2. The Balaban J connectivity index is 2.18. The van der Waals surface area contributed by atoms with E-state index in [1.54, 1.807) is 31.3 Å². The second kappa shape index (κ2) is 4.74. The summed E-state index contributed by atoms with van der Waals surface area (Å²) in [7, 11) is -3.51. The van der Waals surface area contributed by atoms with Crippen molar-refractivity contribution < 1.29 is 8.42 Å². The Morgan fingerprint density at radius 1 is 1.29 bits per heavy atom. The number of nitrogens with zero attached hydrogens (tertiary/aromatic N) is 1. The van der Waals surface area contributed by atoms with Gasteiger partial charge in [0.2, 0.25) is 10.0 Å². The first kappa shape index (κ1) is 13.9. The van der Waals surface area contributed by atoms with Crippen molar-refractivity contribution in [1.82, 2.24) is 3.97 Å². The largest absolute Gasteiger partial charge is 0.248 e. The molecule has 0 radical (unpaired) electrons. The molecule has 1 aliphatic carbocycles. The molecule has 1 atom stereocenters. The van der Waals surface area contributed by atoms with Crippen LogP contribution in [-0.4, -0.2) is 17.1 Å². The van der Waals surface area contributed by atoms with E-state index in [0.717, 1.165) is 10.9 Å². The van der Waals surface area contributed by atoms with Crippen LogP contribution < -0.4 is 0 Å². The van der Waals surface area contributed by atoms with Crippen molar-refractivity contribution in [3.05, 3.63) is 66.9 Å². The molecular weight excluding hydrogens is 282 g/mol. The number of hydrogen-bond donors (Lipinski definition) is 0. The van der Waals surface area contributed by atoms with E-state index in [1.165, 1.54) is 3.97 Å². The van der Waals surface area contributed by atoms with Gasteiger partial charge in [-0.25, -0.2) is 12.4 Å². The van der Waals surface area contributed by atoms with Crippen molar-refractivity contribution in [3.8, 4) is 0 Å². The van der Waals surface area contributed by atoms with Crippen LogP contribution >= 0.6 is 0 Å². The third-order valence-electron chi connectivity index (χ3n) is 3.98. The van der Waals surface area contributed by atoms with E-state index < -0.39 is 14.8 Å². The first-order valence-corrected chi connectivity index (χ1v) is 8.25. The van der Waals surface area contributed by atoms with Gasteiger partial charge in [0.25, 0.3) is 0 Å².